The van der Waals surface area contributed by atoms with Crippen LogP contribution in [0.2, 0.25) is 0 Å². The van der Waals surface area contributed by atoms with Crippen molar-refractivity contribution < 1.29 is 9.53 Å². The van der Waals surface area contributed by atoms with Crippen LogP contribution in [0.25, 0.3) is 0 Å². The lowest BCUT2D eigenvalue weighted by Crippen LogP contribution is -2.14. The van der Waals surface area contributed by atoms with E-state index in [0.29, 0.717) is 16.1 Å². The molecule has 10 heteroatoms. The molecule has 27 heavy (non-hydrogen) atoms. The fourth-order valence-electron chi connectivity index (χ4n) is 2.37. The Kier molecular flexibility index (Phi) is 6.07. The lowest BCUT2D eigenvalue weighted by Gasteiger charge is -2.15. The first-order valence-electron chi connectivity index (χ1n) is 8.28. The van der Waals surface area contributed by atoms with Crippen molar-refractivity contribution in [2.45, 2.75) is 32.0 Å². The number of thioether (sulfide) groups is 1. The van der Waals surface area contributed by atoms with Crippen LogP contribution in [0.4, 0.5) is 5.13 Å². The van der Waals surface area contributed by atoms with Crippen LogP contribution >= 0.6 is 23.1 Å². The molecule has 142 valence electrons. The molecule has 1 N–H and O–H groups in total. The third-order valence-electron chi connectivity index (χ3n) is 3.73. The van der Waals surface area contributed by atoms with Gasteiger partial charge in [-0.1, -0.05) is 41.3 Å². The largest absolute Gasteiger partial charge is 0.482 e. The fourth-order valence-corrected chi connectivity index (χ4v) is 3.70. The number of aromatic nitrogens is 5. The highest BCUT2D eigenvalue weighted by molar-refractivity contribution is 7.99. The van der Waals surface area contributed by atoms with Crippen molar-refractivity contribution in [3.63, 3.8) is 0 Å². The van der Waals surface area contributed by atoms with E-state index in [1.165, 1.54) is 23.1 Å². The summed E-state index contributed by atoms with van der Waals surface area (Å²) in [5.74, 6) is 1.55. The van der Waals surface area contributed by atoms with E-state index in [1.807, 2.05) is 56.7 Å². The van der Waals surface area contributed by atoms with E-state index in [2.05, 4.69) is 25.7 Å². The molecule has 0 aliphatic heterocycles. The number of amides is 1. The van der Waals surface area contributed by atoms with E-state index < -0.39 is 0 Å². The van der Waals surface area contributed by atoms with Crippen LogP contribution in [-0.2, 0) is 11.8 Å². The van der Waals surface area contributed by atoms with E-state index in [4.69, 9.17) is 4.74 Å². The highest BCUT2D eigenvalue weighted by atomic mass is 32.2. The monoisotopic (exact) mass is 404 g/mol. The van der Waals surface area contributed by atoms with Gasteiger partial charge in [-0.3, -0.25) is 10.1 Å². The summed E-state index contributed by atoms with van der Waals surface area (Å²) in [4.78, 5) is 12.1. The zero-order chi connectivity index (χ0) is 19.4. The van der Waals surface area contributed by atoms with Crippen LogP contribution in [0.15, 0.2) is 29.4 Å². The molecule has 0 saturated heterocycles. The predicted octanol–water partition coefficient (Wildman–Crippen LogP) is 3.15. The van der Waals surface area contributed by atoms with Gasteiger partial charge < -0.3 is 9.30 Å². The second-order valence-corrected chi connectivity index (χ2v) is 8.01. The van der Waals surface area contributed by atoms with Gasteiger partial charge in [-0.05, 0) is 32.4 Å². The molecule has 3 aromatic rings. The van der Waals surface area contributed by atoms with E-state index >= 15 is 0 Å². The molecule has 0 spiro atoms. The van der Waals surface area contributed by atoms with Crippen LogP contribution in [-0.4, -0.2) is 36.6 Å². The molecule has 2 heterocycles. The molecule has 2 aromatic heterocycles. The number of nitrogens with one attached hydrogen (secondary N) is 1. The Labute approximate surface area is 165 Å². The summed E-state index contributed by atoms with van der Waals surface area (Å²) >= 11 is 2.64. The molecule has 1 atom stereocenters. The highest BCUT2D eigenvalue weighted by Gasteiger charge is 2.18. The predicted molar refractivity (Wildman–Crippen MR) is 105 cm³/mol. The molecule has 1 aromatic carbocycles. The van der Waals surface area contributed by atoms with Crippen molar-refractivity contribution in [2.75, 3.05) is 11.1 Å². The summed E-state index contributed by atoms with van der Waals surface area (Å²) in [6.45, 7) is 5.76. The molecule has 8 nitrogen and oxygen atoms in total. The van der Waals surface area contributed by atoms with Gasteiger partial charge in [0.1, 0.15) is 10.8 Å². The van der Waals surface area contributed by atoms with E-state index in [9.17, 15) is 4.79 Å². The summed E-state index contributed by atoms with van der Waals surface area (Å²) < 4.78 is 7.85. The Hall–Kier alpha value is -2.46. The molecule has 1 amide bonds. The van der Waals surface area contributed by atoms with Gasteiger partial charge in [-0.15, -0.1) is 20.4 Å². The van der Waals surface area contributed by atoms with Gasteiger partial charge >= 0.3 is 0 Å². The number of carbonyl (C=O) groups excluding carboxylic acids is 1. The number of hydrogen-bond donors (Lipinski definition) is 1. The Bertz CT molecular complexity index is 939. The number of aryl methyl sites for hydroxylation is 2. The zero-order valence-corrected chi connectivity index (χ0v) is 17.1. The van der Waals surface area contributed by atoms with Crippen molar-refractivity contribution in [2.24, 2.45) is 7.05 Å². The minimum Gasteiger partial charge on any atom is -0.482 e. The van der Waals surface area contributed by atoms with Gasteiger partial charge in [-0.2, -0.15) is 0 Å². The second-order valence-electron chi connectivity index (χ2n) is 5.89. The molecule has 0 bridgehead atoms. The molecule has 1 unspecified atom stereocenters. The number of nitrogens with zero attached hydrogens (tertiary/aromatic N) is 5. The van der Waals surface area contributed by atoms with Crippen molar-refractivity contribution in [3.05, 3.63) is 40.7 Å². The Morgan fingerprint density at radius 2 is 2.04 bits per heavy atom. The highest BCUT2D eigenvalue weighted by Crippen LogP contribution is 2.25. The van der Waals surface area contributed by atoms with E-state index in [0.717, 1.165) is 16.3 Å². The van der Waals surface area contributed by atoms with E-state index in [1.54, 1.807) is 0 Å². The van der Waals surface area contributed by atoms with Gasteiger partial charge in [0.2, 0.25) is 11.0 Å². The topological polar surface area (TPSA) is 94.8 Å². The smallest absolute Gasteiger partial charge is 0.236 e. The summed E-state index contributed by atoms with van der Waals surface area (Å²) in [6, 6.07) is 7.83. The first kappa shape index (κ1) is 19.3. The molecular formula is C17H20N6O2S2. The number of benzene rings is 1. The number of rotatable bonds is 7. The summed E-state index contributed by atoms with van der Waals surface area (Å²) in [5.41, 5.74) is 1.06. The number of hydrogen-bond acceptors (Lipinski definition) is 8. The Morgan fingerprint density at radius 3 is 2.74 bits per heavy atom. The molecule has 0 fully saturated rings. The first-order valence-corrected chi connectivity index (χ1v) is 10.1. The second kappa shape index (κ2) is 8.49. The van der Waals surface area contributed by atoms with Crippen molar-refractivity contribution in [1.29, 1.82) is 0 Å². The number of carbonyl (C=O) groups is 1. The normalized spacial score (nSPS) is 12.0. The lowest BCUT2D eigenvalue weighted by atomic mass is 10.2. The summed E-state index contributed by atoms with van der Waals surface area (Å²) in [7, 11) is 1.86. The Morgan fingerprint density at radius 1 is 1.26 bits per heavy atom. The van der Waals surface area contributed by atoms with Crippen LogP contribution < -0.4 is 10.1 Å². The van der Waals surface area contributed by atoms with Crippen molar-refractivity contribution >= 4 is 34.1 Å². The molecule has 0 saturated carbocycles. The van der Waals surface area contributed by atoms with Crippen molar-refractivity contribution in [3.8, 4) is 5.75 Å². The van der Waals surface area contributed by atoms with Crippen LogP contribution in [0.1, 0.15) is 29.4 Å². The Balaban J connectivity index is 1.59. The summed E-state index contributed by atoms with van der Waals surface area (Å²) in [5, 5.41) is 20.8. The van der Waals surface area contributed by atoms with Crippen LogP contribution in [0.3, 0.4) is 0 Å². The quantitative estimate of drug-likeness (QED) is 0.604. The maximum absolute atomic E-state index is 12.1. The number of ether oxygens (including phenoxy) is 1. The molecule has 0 radical (unpaired) electrons. The molecule has 3 rings (SSSR count). The lowest BCUT2D eigenvalue weighted by molar-refractivity contribution is -0.113. The van der Waals surface area contributed by atoms with Gasteiger partial charge in [0, 0.05) is 7.05 Å². The molecule has 0 aliphatic rings. The van der Waals surface area contributed by atoms with Crippen molar-refractivity contribution in [1.82, 2.24) is 25.0 Å². The molecular weight excluding hydrogens is 384 g/mol. The first-order chi connectivity index (χ1) is 12.9. The maximum atomic E-state index is 12.1. The third-order valence-corrected chi connectivity index (χ3v) is 5.51. The van der Waals surface area contributed by atoms with Gasteiger partial charge in [0.25, 0.3) is 0 Å². The zero-order valence-electron chi connectivity index (χ0n) is 15.5. The average molecular weight is 405 g/mol. The minimum atomic E-state index is -0.267. The fraction of sp³-hybridized carbons (Fsp3) is 0.353. The van der Waals surface area contributed by atoms with Crippen LogP contribution in [0.5, 0.6) is 5.75 Å². The average Bonchev–Trinajstić information content (AvgIpc) is 3.20. The SMILES string of the molecule is Cc1nnc(NC(=O)CSc2nnc(C(C)Oc3ccccc3C)n2C)s1. The maximum Gasteiger partial charge on any atom is 0.236 e. The third kappa shape index (κ3) is 4.83. The summed E-state index contributed by atoms with van der Waals surface area (Å²) in [6.07, 6.45) is -0.267. The minimum absolute atomic E-state index is 0.162. The van der Waals surface area contributed by atoms with Gasteiger partial charge in [-0.25, -0.2) is 0 Å². The number of para-hydroxylation sites is 1. The van der Waals surface area contributed by atoms with Gasteiger partial charge in [0.05, 0.1) is 5.75 Å². The standard InChI is InChI=1S/C17H20N6O2S2/c1-10-7-5-6-8-13(10)25-11(2)15-20-22-17(23(15)4)26-9-14(24)18-16-21-19-12(3)27-16/h5-8,11H,9H2,1-4H3,(H,18,21,24). The molecule has 0 aliphatic carbocycles. The number of anilines is 1. The van der Waals surface area contributed by atoms with E-state index in [-0.39, 0.29) is 17.8 Å². The van der Waals surface area contributed by atoms with Crippen LogP contribution in [0, 0.1) is 13.8 Å². The van der Waals surface area contributed by atoms with Gasteiger partial charge in [0.15, 0.2) is 17.1 Å².